The van der Waals surface area contributed by atoms with Crippen molar-refractivity contribution in [2.45, 2.75) is 17.9 Å². The smallest absolute Gasteiger partial charge is 0.264 e. The van der Waals surface area contributed by atoms with Crippen molar-refractivity contribution < 1.29 is 21.7 Å². The lowest BCUT2D eigenvalue weighted by Crippen LogP contribution is -2.28. The number of hydrogen-bond acceptors (Lipinski definition) is 6. The van der Waals surface area contributed by atoms with Gasteiger partial charge in [0.2, 0.25) is 0 Å². The maximum atomic E-state index is 10.9. The van der Waals surface area contributed by atoms with E-state index in [2.05, 4.69) is 20.1 Å². The molecule has 0 amide bonds. The third kappa shape index (κ3) is 3.19. The minimum absolute atomic E-state index is 0.114. The summed E-state index contributed by atoms with van der Waals surface area (Å²) in [5.41, 5.74) is 0.818. The summed E-state index contributed by atoms with van der Waals surface area (Å²) < 4.78 is 49.6. The quantitative estimate of drug-likeness (QED) is 0.774. The predicted octanol–water partition coefficient (Wildman–Crippen LogP) is 2.83. The van der Waals surface area contributed by atoms with Crippen LogP contribution in [0.5, 0.6) is 0 Å². The first-order valence-electron chi connectivity index (χ1n) is 5.82. The molecular weight excluding hydrogens is 370 g/mol. The van der Waals surface area contributed by atoms with Crippen molar-refractivity contribution >= 4 is 36.8 Å². The van der Waals surface area contributed by atoms with Gasteiger partial charge in [-0.25, -0.2) is 0 Å². The highest BCUT2D eigenvalue weighted by molar-refractivity contribution is 9.10. The Hall–Kier alpha value is -0.160. The van der Waals surface area contributed by atoms with E-state index in [9.17, 15) is 17.5 Å². The summed E-state index contributed by atoms with van der Waals surface area (Å²) in [6, 6.07) is 5.03. The third-order valence-electron chi connectivity index (χ3n) is 3.09. The zero-order chi connectivity index (χ0) is 15.1. The topological polar surface area (TPSA) is 87.1 Å². The highest BCUT2D eigenvalue weighted by Gasteiger charge is 2.40. The van der Waals surface area contributed by atoms with Crippen LogP contribution in [0.15, 0.2) is 27.6 Å². The van der Waals surface area contributed by atoms with E-state index in [1.54, 1.807) is 12.1 Å². The Kier molecular flexibility index (Phi) is 4.51. The number of nitrogens with zero attached hydrogens (tertiary/aromatic N) is 1. The van der Waals surface area contributed by atoms with Gasteiger partial charge in [0.25, 0.3) is 10.1 Å². The van der Waals surface area contributed by atoms with Crippen molar-refractivity contribution in [1.82, 2.24) is 4.31 Å². The van der Waals surface area contributed by atoms with Gasteiger partial charge in [-0.1, -0.05) is 15.9 Å². The molecule has 1 atom stereocenters. The maximum absolute atomic E-state index is 10.9. The van der Waals surface area contributed by atoms with Crippen molar-refractivity contribution in [1.29, 1.82) is 0 Å². The zero-order valence-electron chi connectivity index (χ0n) is 11.0. The number of hydrogen-bond donors (Lipinski definition) is 2. The van der Waals surface area contributed by atoms with Crippen LogP contribution in [0.3, 0.4) is 0 Å². The Balaban J connectivity index is 2.20. The number of halogens is 1. The van der Waals surface area contributed by atoms with Gasteiger partial charge in [0.05, 0.1) is 23.8 Å². The van der Waals surface area contributed by atoms with Crippen LogP contribution in [-0.4, -0.2) is 41.2 Å². The average Bonchev–Trinajstić information content (AvgIpc) is 2.48. The van der Waals surface area contributed by atoms with Gasteiger partial charge >= 0.3 is 0 Å². The predicted molar refractivity (Wildman–Crippen MR) is 81.2 cm³/mol. The standard InChI is InChI=1S/C11H16BrNO5S2/c1-8-10-7-9(12)3-4-11(10)20(16,17)13(8)5-6-18-19(2,14)15/h3-4,7-8,16-17H,5-6H2,1-2H3. The molecular formula is C11H16BrNO5S2. The lowest BCUT2D eigenvalue weighted by atomic mass is 10.1. The molecule has 1 aliphatic heterocycles. The van der Waals surface area contributed by atoms with Crippen LogP contribution in [0.1, 0.15) is 18.5 Å². The van der Waals surface area contributed by atoms with Crippen LogP contribution in [0.4, 0.5) is 0 Å². The molecule has 0 spiro atoms. The molecule has 0 bridgehead atoms. The fourth-order valence-corrected chi connectivity index (χ4v) is 4.89. The zero-order valence-corrected chi connectivity index (χ0v) is 14.2. The first-order chi connectivity index (χ1) is 9.13. The first kappa shape index (κ1) is 16.2. The summed E-state index contributed by atoms with van der Waals surface area (Å²) >= 11 is 3.35. The fourth-order valence-electron chi connectivity index (χ4n) is 2.20. The second kappa shape index (κ2) is 5.56. The van der Waals surface area contributed by atoms with Crippen molar-refractivity contribution in [2.75, 3.05) is 19.4 Å². The lowest BCUT2D eigenvalue weighted by Gasteiger charge is -2.38. The van der Waals surface area contributed by atoms with Gasteiger partial charge in [0, 0.05) is 11.0 Å². The molecule has 2 N–H and O–H groups in total. The van der Waals surface area contributed by atoms with E-state index < -0.39 is 20.9 Å². The van der Waals surface area contributed by atoms with Crippen LogP contribution < -0.4 is 0 Å². The van der Waals surface area contributed by atoms with Crippen LogP contribution >= 0.6 is 26.7 Å². The van der Waals surface area contributed by atoms with Crippen molar-refractivity contribution in [3.05, 3.63) is 28.2 Å². The first-order valence-corrected chi connectivity index (χ1v) is 9.93. The van der Waals surface area contributed by atoms with Gasteiger partial charge in [-0.05, 0) is 30.7 Å². The van der Waals surface area contributed by atoms with Crippen molar-refractivity contribution in [2.24, 2.45) is 0 Å². The SMILES string of the molecule is CC1c2cc(Br)ccc2S(O)(O)N1CCOS(C)(=O)=O. The molecule has 1 aliphatic rings. The molecule has 0 radical (unpaired) electrons. The molecule has 9 heteroatoms. The molecule has 0 aliphatic carbocycles. The van der Waals surface area contributed by atoms with E-state index in [1.165, 1.54) is 4.31 Å². The minimum atomic E-state index is -3.53. The highest BCUT2D eigenvalue weighted by atomic mass is 79.9. The molecule has 114 valence electrons. The lowest BCUT2D eigenvalue weighted by molar-refractivity contribution is 0.245. The summed E-state index contributed by atoms with van der Waals surface area (Å²) in [6.07, 6.45) is 0.963. The maximum Gasteiger partial charge on any atom is 0.264 e. The number of rotatable bonds is 4. The summed E-state index contributed by atoms with van der Waals surface area (Å²) in [7, 11) is -6.63. The van der Waals surface area contributed by atoms with E-state index in [-0.39, 0.29) is 19.2 Å². The summed E-state index contributed by atoms with van der Waals surface area (Å²) in [5, 5.41) is 0. The summed E-state index contributed by atoms with van der Waals surface area (Å²) in [6.45, 7) is 1.84. The Labute approximate surface area is 128 Å². The second-order valence-electron chi connectivity index (χ2n) is 4.54. The second-order valence-corrected chi connectivity index (χ2v) is 9.05. The summed E-state index contributed by atoms with van der Waals surface area (Å²) in [4.78, 5) is 0.479. The van der Waals surface area contributed by atoms with Crippen LogP contribution in [-0.2, 0) is 14.3 Å². The molecule has 0 fully saturated rings. The Bertz CT molecular complexity index is 619. The minimum Gasteiger partial charge on any atom is -0.281 e. The third-order valence-corrected chi connectivity index (χ3v) is 6.29. The van der Waals surface area contributed by atoms with E-state index in [4.69, 9.17) is 0 Å². The largest absolute Gasteiger partial charge is 0.281 e. The van der Waals surface area contributed by atoms with Gasteiger partial charge in [0.1, 0.15) is 0 Å². The monoisotopic (exact) mass is 385 g/mol. The van der Waals surface area contributed by atoms with E-state index in [1.807, 2.05) is 13.0 Å². The number of fused-ring (bicyclic) bond motifs is 1. The molecule has 20 heavy (non-hydrogen) atoms. The Morgan fingerprint density at radius 1 is 1.45 bits per heavy atom. The Morgan fingerprint density at radius 2 is 2.10 bits per heavy atom. The van der Waals surface area contributed by atoms with Crippen molar-refractivity contribution in [3.8, 4) is 0 Å². The van der Waals surface area contributed by atoms with E-state index in [0.717, 1.165) is 16.3 Å². The van der Waals surface area contributed by atoms with E-state index >= 15 is 0 Å². The normalized spacial score (nSPS) is 23.6. The summed E-state index contributed by atoms with van der Waals surface area (Å²) in [5.74, 6) is 0. The van der Waals surface area contributed by atoms with Gasteiger partial charge in [0.15, 0.2) is 0 Å². The molecule has 1 aromatic carbocycles. The molecule has 2 rings (SSSR count). The van der Waals surface area contributed by atoms with Gasteiger partial charge in [-0.3, -0.25) is 13.3 Å². The molecule has 0 saturated heterocycles. The molecule has 1 heterocycles. The van der Waals surface area contributed by atoms with Crippen LogP contribution in [0, 0.1) is 0 Å². The van der Waals surface area contributed by atoms with Gasteiger partial charge in [-0.2, -0.15) is 12.7 Å². The van der Waals surface area contributed by atoms with Crippen LogP contribution in [0.25, 0.3) is 0 Å². The fraction of sp³-hybridized carbons (Fsp3) is 0.455. The van der Waals surface area contributed by atoms with Crippen molar-refractivity contribution in [3.63, 3.8) is 0 Å². The van der Waals surface area contributed by atoms with E-state index in [0.29, 0.717) is 4.90 Å². The van der Waals surface area contributed by atoms with Gasteiger partial charge < -0.3 is 0 Å². The Morgan fingerprint density at radius 3 is 2.70 bits per heavy atom. The highest BCUT2D eigenvalue weighted by Crippen LogP contribution is 2.63. The molecule has 1 aromatic rings. The number of benzene rings is 1. The van der Waals surface area contributed by atoms with Crippen LogP contribution in [0.2, 0.25) is 0 Å². The molecule has 0 aromatic heterocycles. The van der Waals surface area contributed by atoms with Gasteiger partial charge in [-0.15, -0.1) is 10.8 Å². The molecule has 0 saturated carbocycles. The molecule has 6 nitrogen and oxygen atoms in total. The average molecular weight is 386 g/mol. The molecule has 1 unspecified atom stereocenters.